The third-order valence-corrected chi connectivity index (χ3v) is 4.09. The molecule has 2 amide bonds. The average Bonchev–Trinajstić information content (AvgIpc) is 2.60. The molecule has 5 heteroatoms. The minimum absolute atomic E-state index is 0.0130. The van der Waals surface area contributed by atoms with Gasteiger partial charge in [-0.05, 0) is 29.7 Å². The Morgan fingerprint density at radius 3 is 2.35 bits per heavy atom. The van der Waals surface area contributed by atoms with Crippen molar-refractivity contribution in [2.24, 2.45) is 5.92 Å². The molecule has 1 unspecified atom stereocenters. The highest BCUT2D eigenvalue weighted by Gasteiger charge is 2.23. The first kappa shape index (κ1) is 19.5. The van der Waals surface area contributed by atoms with Gasteiger partial charge in [0.1, 0.15) is 11.8 Å². The summed E-state index contributed by atoms with van der Waals surface area (Å²) in [6.45, 7) is 5.21. The van der Waals surface area contributed by atoms with Gasteiger partial charge in [-0.25, -0.2) is 0 Å². The molecule has 2 rings (SSSR count). The predicted octanol–water partition coefficient (Wildman–Crippen LogP) is 3.39. The van der Waals surface area contributed by atoms with Gasteiger partial charge in [0.2, 0.25) is 11.8 Å². The van der Waals surface area contributed by atoms with E-state index in [1.807, 2.05) is 44.2 Å². The Kier molecular flexibility index (Phi) is 6.78. The maximum atomic E-state index is 12.6. The summed E-state index contributed by atoms with van der Waals surface area (Å²) in [6, 6.07) is 15.1. The van der Waals surface area contributed by atoms with Crippen LogP contribution in [0.2, 0.25) is 0 Å². The lowest BCUT2D eigenvalue weighted by Crippen LogP contribution is -2.46. The van der Waals surface area contributed by atoms with Gasteiger partial charge in [0.05, 0.1) is 7.11 Å². The van der Waals surface area contributed by atoms with Crippen molar-refractivity contribution in [1.29, 1.82) is 0 Å². The Morgan fingerprint density at radius 1 is 1.08 bits per heavy atom. The van der Waals surface area contributed by atoms with Gasteiger partial charge in [-0.15, -0.1) is 0 Å². The molecule has 0 aliphatic carbocycles. The van der Waals surface area contributed by atoms with Crippen LogP contribution in [0.3, 0.4) is 0 Å². The molecule has 26 heavy (non-hydrogen) atoms. The Morgan fingerprint density at radius 2 is 1.77 bits per heavy atom. The molecule has 5 nitrogen and oxygen atoms in total. The summed E-state index contributed by atoms with van der Waals surface area (Å²) in [6.07, 6.45) is 0.701. The van der Waals surface area contributed by atoms with Crippen LogP contribution in [0.1, 0.15) is 31.9 Å². The summed E-state index contributed by atoms with van der Waals surface area (Å²) in [4.78, 5) is 23.9. The fourth-order valence-corrected chi connectivity index (χ4v) is 2.78. The fraction of sp³-hybridized carbons (Fsp3) is 0.333. The minimum Gasteiger partial charge on any atom is -0.496 e. The topological polar surface area (TPSA) is 67.4 Å². The largest absolute Gasteiger partial charge is 0.496 e. The first-order chi connectivity index (χ1) is 12.4. The molecule has 138 valence electrons. The second-order valence-electron chi connectivity index (χ2n) is 6.60. The average molecular weight is 354 g/mol. The molecular formula is C21H26N2O3. The quantitative estimate of drug-likeness (QED) is 0.801. The van der Waals surface area contributed by atoms with E-state index in [4.69, 9.17) is 4.74 Å². The van der Waals surface area contributed by atoms with Crippen LogP contribution in [0.5, 0.6) is 5.75 Å². The van der Waals surface area contributed by atoms with E-state index in [1.165, 1.54) is 6.92 Å². The van der Waals surface area contributed by atoms with E-state index in [0.717, 1.165) is 16.9 Å². The lowest BCUT2D eigenvalue weighted by molar-refractivity contribution is -0.126. The third-order valence-electron chi connectivity index (χ3n) is 4.09. The molecule has 0 bridgehead atoms. The first-order valence-electron chi connectivity index (χ1n) is 8.69. The highest BCUT2D eigenvalue weighted by Crippen LogP contribution is 2.25. The standard InChI is InChI=1S/C21H26N2O3/c1-14(2)20(22-15(3)24)21(25)23-18-10-11-19(26-4)17(13-18)12-16-8-6-5-7-9-16/h5-11,13-14,20H,12H2,1-4H3,(H,22,24)(H,23,25). The second kappa shape index (κ2) is 9.04. The summed E-state index contributed by atoms with van der Waals surface area (Å²) in [7, 11) is 1.63. The van der Waals surface area contributed by atoms with Crippen molar-refractivity contribution in [3.63, 3.8) is 0 Å². The molecule has 0 saturated carbocycles. The number of ether oxygens (including phenoxy) is 1. The maximum Gasteiger partial charge on any atom is 0.247 e. The smallest absolute Gasteiger partial charge is 0.247 e. The van der Waals surface area contributed by atoms with Gasteiger partial charge in [-0.3, -0.25) is 9.59 Å². The highest BCUT2D eigenvalue weighted by molar-refractivity contribution is 5.97. The van der Waals surface area contributed by atoms with Crippen molar-refractivity contribution in [1.82, 2.24) is 5.32 Å². The molecule has 0 aliphatic rings. The fourth-order valence-electron chi connectivity index (χ4n) is 2.78. The second-order valence-corrected chi connectivity index (χ2v) is 6.60. The minimum atomic E-state index is -0.577. The number of hydrogen-bond acceptors (Lipinski definition) is 3. The van der Waals surface area contributed by atoms with Gasteiger partial charge in [-0.2, -0.15) is 0 Å². The highest BCUT2D eigenvalue weighted by atomic mass is 16.5. The number of nitrogens with one attached hydrogen (secondary N) is 2. The Balaban J connectivity index is 2.20. The van der Waals surface area contributed by atoms with E-state index in [0.29, 0.717) is 12.1 Å². The zero-order chi connectivity index (χ0) is 19.1. The van der Waals surface area contributed by atoms with Crippen molar-refractivity contribution >= 4 is 17.5 Å². The van der Waals surface area contributed by atoms with Gasteiger partial charge in [0.25, 0.3) is 0 Å². The third kappa shape index (κ3) is 5.34. The number of methoxy groups -OCH3 is 1. The predicted molar refractivity (Wildman–Crippen MR) is 103 cm³/mol. The van der Waals surface area contributed by atoms with Gasteiger partial charge < -0.3 is 15.4 Å². The summed E-state index contributed by atoms with van der Waals surface area (Å²) in [5.41, 5.74) is 2.82. The van der Waals surface area contributed by atoms with Crippen LogP contribution < -0.4 is 15.4 Å². The molecule has 2 N–H and O–H groups in total. The first-order valence-corrected chi connectivity index (χ1v) is 8.69. The number of anilines is 1. The molecule has 0 fully saturated rings. The molecule has 0 spiro atoms. The Bertz CT molecular complexity index is 757. The molecule has 0 saturated heterocycles. The van der Waals surface area contributed by atoms with Crippen LogP contribution in [0.25, 0.3) is 0 Å². The number of rotatable bonds is 7. The van der Waals surface area contributed by atoms with Gasteiger partial charge >= 0.3 is 0 Å². The summed E-state index contributed by atoms with van der Waals surface area (Å²) in [5, 5.41) is 5.60. The molecule has 0 aliphatic heterocycles. The van der Waals surface area contributed by atoms with Crippen LogP contribution in [0, 0.1) is 5.92 Å². The summed E-state index contributed by atoms with van der Waals surface area (Å²) < 4.78 is 5.45. The van der Waals surface area contributed by atoms with E-state index >= 15 is 0 Å². The number of carbonyl (C=O) groups is 2. The number of amides is 2. The molecule has 2 aromatic carbocycles. The van der Waals surface area contributed by atoms with Crippen LogP contribution in [-0.2, 0) is 16.0 Å². The summed E-state index contributed by atoms with van der Waals surface area (Å²) in [5.74, 6) is 0.305. The molecule has 1 atom stereocenters. The SMILES string of the molecule is COc1ccc(NC(=O)C(NC(C)=O)C(C)C)cc1Cc1ccccc1. The lowest BCUT2D eigenvalue weighted by Gasteiger charge is -2.21. The van der Waals surface area contributed by atoms with Gasteiger partial charge in [-0.1, -0.05) is 44.2 Å². The van der Waals surface area contributed by atoms with E-state index in [1.54, 1.807) is 13.2 Å². The maximum absolute atomic E-state index is 12.6. The number of hydrogen-bond donors (Lipinski definition) is 2. The molecule has 0 heterocycles. The van der Waals surface area contributed by atoms with Crippen molar-refractivity contribution in [3.05, 3.63) is 59.7 Å². The van der Waals surface area contributed by atoms with E-state index in [-0.39, 0.29) is 17.7 Å². The number of benzene rings is 2. The van der Waals surface area contributed by atoms with Crippen LogP contribution >= 0.6 is 0 Å². The molecule has 0 radical (unpaired) electrons. The zero-order valence-electron chi connectivity index (χ0n) is 15.7. The van der Waals surface area contributed by atoms with Crippen molar-refractivity contribution in [2.75, 3.05) is 12.4 Å². The van der Waals surface area contributed by atoms with E-state index in [9.17, 15) is 9.59 Å². The van der Waals surface area contributed by atoms with Crippen molar-refractivity contribution in [2.45, 2.75) is 33.2 Å². The normalized spacial score (nSPS) is 11.7. The zero-order valence-corrected chi connectivity index (χ0v) is 15.7. The van der Waals surface area contributed by atoms with Crippen molar-refractivity contribution < 1.29 is 14.3 Å². The van der Waals surface area contributed by atoms with E-state index < -0.39 is 6.04 Å². The van der Waals surface area contributed by atoms with Crippen LogP contribution in [-0.4, -0.2) is 25.0 Å². The van der Waals surface area contributed by atoms with Crippen LogP contribution in [0.15, 0.2) is 48.5 Å². The van der Waals surface area contributed by atoms with Gasteiger partial charge in [0.15, 0.2) is 0 Å². The van der Waals surface area contributed by atoms with Crippen LogP contribution in [0.4, 0.5) is 5.69 Å². The number of carbonyl (C=O) groups excluding carboxylic acids is 2. The molecule has 0 aromatic heterocycles. The lowest BCUT2D eigenvalue weighted by atomic mass is 10.0. The molecular weight excluding hydrogens is 328 g/mol. The Labute approximate surface area is 154 Å². The monoisotopic (exact) mass is 354 g/mol. The van der Waals surface area contributed by atoms with E-state index in [2.05, 4.69) is 22.8 Å². The Hall–Kier alpha value is -2.82. The molecule has 2 aromatic rings. The van der Waals surface area contributed by atoms with Gasteiger partial charge in [0, 0.05) is 24.6 Å². The summed E-state index contributed by atoms with van der Waals surface area (Å²) >= 11 is 0. The van der Waals surface area contributed by atoms with Crippen molar-refractivity contribution in [3.8, 4) is 5.75 Å².